The van der Waals surface area contributed by atoms with Crippen molar-refractivity contribution in [2.24, 2.45) is 0 Å². The van der Waals surface area contributed by atoms with Gasteiger partial charge in [0, 0.05) is 12.8 Å². The van der Waals surface area contributed by atoms with Crippen molar-refractivity contribution in [3.63, 3.8) is 0 Å². The molecule has 5 nitrogen and oxygen atoms in total. The van der Waals surface area contributed by atoms with Crippen LogP contribution in [-0.4, -0.2) is 36.4 Å². The van der Waals surface area contributed by atoms with Crippen LogP contribution in [0.4, 0.5) is 0 Å². The molecule has 0 aliphatic rings. The predicted molar refractivity (Wildman–Crippen MR) is 205 cm³/mol. The SMILES string of the molecule is CC/C=C\C/C=C\C/C=C\C/C=C\C/C=C\C/C=C\C/C=C\CCCCCCCC(=O)OC(CO)COC(=O)CCCCCCCCC. The second kappa shape index (κ2) is 38.5. The topological polar surface area (TPSA) is 72.8 Å². The average Bonchev–Trinajstić information content (AvgIpc) is 3.09. The summed E-state index contributed by atoms with van der Waals surface area (Å²) in [5.74, 6) is -0.629. The van der Waals surface area contributed by atoms with E-state index < -0.39 is 6.10 Å². The van der Waals surface area contributed by atoms with Gasteiger partial charge in [0.05, 0.1) is 6.61 Å². The Hall–Kier alpha value is -2.92. The Morgan fingerprint density at radius 1 is 0.500 bits per heavy atom. The molecule has 0 heterocycles. The molecule has 5 heteroatoms. The van der Waals surface area contributed by atoms with Gasteiger partial charge >= 0.3 is 11.9 Å². The number of hydrogen-bond acceptors (Lipinski definition) is 5. The van der Waals surface area contributed by atoms with Gasteiger partial charge in [0.1, 0.15) is 6.61 Å². The van der Waals surface area contributed by atoms with Crippen molar-refractivity contribution in [3.05, 3.63) is 85.1 Å². The highest BCUT2D eigenvalue weighted by atomic mass is 16.6. The number of rotatable bonds is 33. The van der Waals surface area contributed by atoms with Crippen molar-refractivity contribution in [1.82, 2.24) is 0 Å². The summed E-state index contributed by atoms with van der Waals surface area (Å²) < 4.78 is 10.5. The van der Waals surface area contributed by atoms with E-state index in [1.54, 1.807) is 0 Å². The van der Waals surface area contributed by atoms with Crippen LogP contribution in [0, 0.1) is 0 Å². The van der Waals surface area contributed by atoms with Crippen LogP contribution < -0.4 is 0 Å². The number of allylic oxidation sites excluding steroid dienone is 14. The van der Waals surface area contributed by atoms with Crippen molar-refractivity contribution in [1.29, 1.82) is 0 Å². The minimum absolute atomic E-state index is 0.0782. The summed E-state index contributed by atoms with van der Waals surface area (Å²) >= 11 is 0. The Morgan fingerprint density at radius 3 is 1.35 bits per heavy atom. The van der Waals surface area contributed by atoms with Crippen molar-refractivity contribution in [2.45, 2.75) is 161 Å². The smallest absolute Gasteiger partial charge is 0.306 e. The van der Waals surface area contributed by atoms with Crippen LogP contribution >= 0.6 is 0 Å². The zero-order valence-corrected chi connectivity index (χ0v) is 30.7. The molecule has 0 rings (SSSR count). The minimum Gasteiger partial charge on any atom is -0.462 e. The lowest BCUT2D eigenvalue weighted by Gasteiger charge is -2.15. The fraction of sp³-hybridized carbons (Fsp3) is 0.628. The van der Waals surface area contributed by atoms with Gasteiger partial charge in [0.2, 0.25) is 0 Å². The molecule has 1 unspecified atom stereocenters. The molecule has 0 amide bonds. The maximum atomic E-state index is 12.1. The average molecular weight is 667 g/mol. The second-order valence-electron chi connectivity index (χ2n) is 12.3. The van der Waals surface area contributed by atoms with E-state index in [1.807, 2.05) is 0 Å². The lowest BCUT2D eigenvalue weighted by Crippen LogP contribution is -2.28. The Labute approximate surface area is 295 Å². The molecule has 272 valence electrons. The maximum Gasteiger partial charge on any atom is 0.306 e. The monoisotopic (exact) mass is 667 g/mol. The first-order chi connectivity index (χ1) is 23.6. The van der Waals surface area contributed by atoms with E-state index in [1.165, 1.54) is 25.7 Å². The number of carbonyl (C=O) groups is 2. The molecule has 0 bridgehead atoms. The number of ether oxygens (including phenoxy) is 2. The molecule has 0 saturated heterocycles. The van der Waals surface area contributed by atoms with Gasteiger partial charge in [-0.1, -0.05) is 157 Å². The van der Waals surface area contributed by atoms with E-state index in [4.69, 9.17) is 9.47 Å². The highest BCUT2D eigenvalue weighted by Crippen LogP contribution is 2.11. The summed E-state index contributed by atoms with van der Waals surface area (Å²) in [7, 11) is 0. The third kappa shape index (κ3) is 35.9. The van der Waals surface area contributed by atoms with Gasteiger partial charge in [0.15, 0.2) is 6.10 Å². The van der Waals surface area contributed by atoms with Gasteiger partial charge in [0.25, 0.3) is 0 Å². The first-order valence-corrected chi connectivity index (χ1v) is 19.1. The molecule has 1 N–H and O–H groups in total. The van der Waals surface area contributed by atoms with Crippen LogP contribution in [0.15, 0.2) is 85.1 Å². The number of aliphatic hydroxyl groups excluding tert-OH is 1. The van der Waals surface area contributed by atoms with E-state index in [0.29, 0.717) is 12.8 Å². The third-order valence-electron chi connectivity index (χ3n) is 7.70. The molecule has 0 spiro atoms. The maximum absolute atomic E-state index is 12.1. The second-order valence-corrected chi connectivity index (χ2v) is 12.3. The summed E-state index contributed by atoms with van der Waals surface area (Å²) in [5.41, 5.74) is 0. The summed E-state index contributed by atoms with van der Waals surface area (Å²) in [6.07, 6.45) is 52.3. The van der Waals surface area contributed by atoms with Crippen LogP contribution in [0.25, 0.3) is 0 Å². The Balaban J connectivity index is 3.65. The van der Waals surface area contributed by atoms with Crippen LogP contribution in [0.1, 0.15) is 155 Å². The Kier molecular flexibility index (Phi) is 36.2. The zero-order valence-electron chi connectivity index (χ0n) is 30.7. The fourth-order valence-electron chi connectivity index (χ4n) is 4.83. The predicted octanol–water partition coefficient (Wildman–Crippen LogP) is 11.9. The lowest BCUT2D eigenvalue weighted by molar-refractivity contribution is -0.161. The lowest BCUT2D eigenvalue weighted by atomic mass is 10.1. The number of unbranched alkanes of at least 4 members (excludes halogenated alkanes) is 11. The Morgan fingerprint density at radius 2 is 0.896 bits per heavy atom. The van der Waals surface area contributed by atoms with Gasteiger partial charge in [-0.25, -0.2) is 0 Å². The van der Waals surface area contributed by atoms with Gasteiger partial charge in [-0.3, -0.25) is 9.59 Å². The van der Waals surface area contributed by atoms with E-state index in [0.717, 1.165) is 103 Å². The molecule has 0 aliphatic heterocycles. The molecule has 0 saturated carbocycles. The number of esters is 2. The largest absolute Gasteiger partial charge is 0.462 e. The summed E-state index contributed by atoms with van der Waals surface area (Å²) in [6.45, 7) is 3.94. The fourth-order valence-corrected chi connectivity index (χ4v) is 4.83. The normalized spacial score (nSPS) is 13.1. The van der Waals surface area contributed by atoms with Crippen molar-refractivity contribution >= 4 is 11.9 Å². The van der Waals surface area contributed by atoms with Crippen LogP contribution in [-0.2, 0) is 19.1 Å². The molecule has 48 heavy (non-hydrogen) atoms. The standard InChI is InChI=1S/C43H70O5/c1-3-5-7-9-11-12-13-14-15-16-17-18-19-20-21-22-23-24-25-26-27-28-29-30-32-34-36-38-43(46)48-41(39-44)40-47-42(45)37-35-33-31-10-8-6-4-2/h5,7,11-12,14-15,17-18,20-21,23-24,26-27,41,44H,3-4,6,8-10,13,16,19,22,25,28-40H2,1-2H3/b7-5-,12-11-,15-14-,18-17-,21-20-,24-23-,27-26-. The van der Waals surface area contributed by atoms with Crippen molar-refractivity contribution in [3.8, 4) is 0 Å². The van der Waals surface area contributed by atoms with Crippen LogP contribution in [0.3, 0.4) is 0 Å². The molecule has 0 fully saturated rings. The number of aliphatic hydroxyl groups is 1. The molecular formula is C43H70O5. The highest BCUT2D eigenvalue weighted by Gasteiger charge is 2.16. The van der Waals surface area contributed by atoms with Crippen LogP contribution in [0.5, 0.6) is 0 Å². The summed E-state index contributed by atoms with van der Waals surface area (Å²) in [6, 6.07) is 0. The summed E-state index contributed by atoms with van der Waals surface area (Å²) in [5, 5.41) is 9.49. The number of hydrogen-bond donors (Lipinski definition) is 1. The summed E-state index contributed by atoms with van der Waals surface area (Å²) in [4.78, 5) is 24.0. The quantitative estimate of drug-likeness (QED) is 0.0429. The first kappa shape index (κ1) is 45.1. The van der Waals surface area contributed by atoms with E-state index >= 15 is 0 Å². The molecular weight excluding hydrogens is 596 g/mol. The van der Waals surface area contributed by atoms with Crippen molar-refractivity contribution < 1.29 is 24.2 Å². The van der Waals surface area contributed by atoms with Crippen LogP contribution in [0.2, 0.25) is 0 Å². The highest BCUT2D eigenvalue weighted by molar-refractivity contribution is 5.70. The van der Waals surface area contributed by atoms with E-state index in [9.17, 15) is 14.7 Å². The molecule has 0 aromatic carbocycles. The first-order valence-electron chi connectivity index (χ1n) is 19.1. The zero-order chi connectivity index (χ0) is 35.0. The van der Waals surface area contributed by atoms with E-state index in [2.05, 4.69) is 98.9 Å². The third-order valence-corrected chi connectivity index (χ3v) is 7.70. The van der Waals surface area contributed by atoms with Gasteiger partial charge < -0.3 is 14.6 Å². The van der Waals surface area contributed by atoms with Gasteiger partial charge in [-0.2, -0.15) is 0 Å². The molecule has 0 aromatic heterocycles. The van der Waals surface area contributed by atoms with Crippen molar-refractivity contribution in [2.75, 3.05) is 13.2 Å². The molecule has 0 aliphatic carbocycles. The number of carbonyl (C=O) groups excluding carboxylic acids is 2. The minimum atomic E-state index is -0.782. The van der Waals surface area contributed by atoms with E-state index in [-0.39, 0.29) is 25.2 Å². The molecule has 0 aromatic rings. The molecule has 0 radical (unpaired) electrons. The Bertz CT molecular complexity index is 937. The van der Waals surface area contributed by atoms with Gasteiger partial charge in [-0.15, -0.1) is 0 Å². The van der Waals surface area contributed by atoms with Gasteiger partial charge in [-0.05, 0) is 70.6 Å². The molecule has 1 atom stereocenters.